The molecule has 112 valence electrons. The summed E-state index contributed by atoms with van der Waals surface area (Å²) in [6.07, 6.45) is 0. The highest BCUT2D eigenvalue weighted by molar-refractivity contribution is 5.47. The molecule has 0 aliphatic heterocycles. The summed E-state index contributed by atoms with van der Waals surface area (Å²) in [6, 6.07) is 15.8. The van der Waals surface area contributed by atoms with Crippen molar-refractivity contribution in [2.45, 2.75) is 13.5 Å². The summed E-state index contributed by atoms with van der Waals surface area (Å²) in [5, 5.41) is 12.0. The van der Waals surface area contributed by atoms with Crippen LogP contribution in [0.3, 0.4) is 0 Å². The van der Waals surface area contributed by atoms with Gasteiger partial charge in [0, 0.05) is 12.2 Å². The summed E-state index contributed by atoms with van der Waals surface area (Å²) in [5.74, 6) is 1.65. The molecule has 21 heavy (non-hydrogen) atoms. The van der Waals surface area contributed by atoms with Crippen LogP contribution in [0.15, 0.2) is 48.5 Å². The van der Waals surface area contributed by atoms with Gasteiger partial charge in [0.15, 0.2) is 0 Å². The monoisotopic (exact) mass is 287 g/mol. The molecule has 0 saturated carbocycles. The lowest BCUT2D eigenvalue weighted by atomic mass is 10.2. The molecule has 0 saturated heterocycles. The third-order valence-corrected chi connectivity index (χ3v) is 2.95. The van der Waals surface area contributed by atoms with E-state index in [1.165, 1.54) is 5.56 Å². The van der Waals surface area contributed by atoms with Crippen molar-refractivity contribution in [2.24, 2.45) is 0 Å². The van der Waals surface area contributed by atoms with E-state index in [4.69, 9.17) is 14.6 Å². The number of rotatable bonds is 8. The van der Waals surface area contributed by atoms with Gasteiger partial charge >= 0.3 is 0 Å². The molecular formula is C17H21NO3. The Morgan fingerprint density at radius 3 is 2.14 bits per heavy atom. The second-order valence-corrected chi connectivity index (χ2v) is 4.53. The summed E-state index contributed by atoms with van der Waals surface area (Å²) < 4.78 is 10.7. The smallest absolute Gasteiger partial charge is 0.119 e. The van der Waals surface area contributed by atoms with E-state index in [1.807, 2.05) is 43.3 Å². The topological polar surface area (TPSA) is 50.7 Å². The second kappa shape index (κ2) is 8.17. The average Bonchev–Trinajstić information content (AvgIpc) is 2.53. The van der Waals surface area contributed by atoms with E-state index >= 15 is 0 Å². The van der Waals surface area contributed by atoms with Gasteiger partial charge in [-0.2, -0.15) is 0 Å². The number of ether oxygens (including phenoxy) is 2. The molecule has 0 unspecified atom stereocenters. The van der Waals surface area contributed by atoms with Crippen LogP contribution < -0.4 is 14.8 Å². The zero-order valence-electron chi connectivity index (χ0n) is 12.2. The first-order valence-corrected chi connectivity index (χ1v) is 7.11. The number of nitrogens with one attached hydrogen (secondary N) is 1. The molecule has 0 aliphatic carbocycles. The van der Waals surface area contributed by atoms with Crippen molar-refractivity contribution in [3.05, 3.63) is 54.1 Å². The molecule has 0 aromatic heterocycles. The molecule has 0 fully saturated rings. The molecule has 2 aromatic carbocycles. The summed E-state index contributed by atoms with van der Waals surface area (Å²) in [4.78, 5) is 0. The summed E-state index contributed by atoms with van der Waals surface area (Å²) in [5.41, 5.74) is 2.22. The van der Waals surface area contributed by atoms with E-state index in [1.54, 1.807) is 0 Å². The first-order valence-electron chi connectivity index (χ1n) is 7.11. The van der Waals surface area contributed by atoms with Crippen molar-refractivity contribution in [1.29, 1.82) is 0 Å². The lowest BCUT2D eigenvalue weighted by Crippen LogP contribution is -2.02. The van der Waals surface area contributed by atoms with Gasteiger partial charge in [-0.15, -0.1) is 0 Å². The predicted molar refractivity (Wildman–Crippen MR) is 84.0 cm³/mol. The Morgan fingerprint density at radius 2 is 1.52 bits per heavy atom. The highest BCUT2D eigenvalue weighted by atomic mass is 16.5. The van der Waals surface area contributed by atoms with E-state index in [0.29, 0.717) is 13.2 Å². The number of aliphatic hydroxyl groups excluding tert-OH is 1. The third-order valence-electron chi connectivity index (χ3n) is 2.95. The van der Waals surface area contributed by atoms with Crippen molar-refractivity contribution < 1.29 is 14.6 Å². The van der Waals surface area contributed by atoms with Gasteiger partial charge in [0.25, 0.3) is 0 Å². The van der Waals surface area contributed by atoms with Crippen molar-refractivity contribution in [1.82, 2.24) is 0 Å². The molecule has 0 radical (unpaired) electrons. The minimum atomic E-state index is 0.0255. The van der Waals surface area contributed by atoms with Gasteiger partial charge in [0.2, 0.25) is 0 Å². The van der Waals surface area contributed by atoms with E-state index in [-0.39, 0.29) is 6.61 Å². The fourth-order valence-electron chi connectivity index (χ4n) is 1.91. The van der Waals surface area contributed by atoms with E-state index < -0.39 is 0 Å². The number of aliphatic hydroxyl groups is 1. The molecule has 4 nitrogen and oxygen atoms in total. The molecule has 2 rings (SSSR count). The molecular weight excluding hydrogens is 266 g/mol. The Labute approximate surface area is 125 Å². The number of benzene rings is 2. The minimum Gasteiger partial charge on any atom is -0.494 e. The number of hydrogen-bond donors (Lipinski definition) is 2. The van der Waals surface area contributed by atoms with E-state index in [9.17, 15) is 0 Å². The Hall–Kier alpha value is -2.20. The quantitative estimate of drug-likeness (QED) is 0.783. The standard InChI is InChI=1S/C17H21NO3/c1-2-20-16-7-3-14(4-8-16)13-18-15-5-9-17(10-6-15)21-12-11-19/h3-10,18-19H,2,11-13H2,1H3. The van der Waals surface area contributed by atoms with Crippen LogP contribution in [0.5, 0.6) is 11.5 Å². The summed E-state index contributed by atoms with van der Waals surface area (Å²) >= 11 is 0. The molecule has 0 heterocycles. The summed E-state index contributed by atoms with van der Waals surface area (Å²) in [6.45, 7) is 3.76. The van der Waals surface area contributed by atoms with Gasteiger partial charge in [-0.05, 0) is 48.9 Å². The SMILES string of the molecule is CCOc1ccc(CNc2ccc(OCCO)cc2)cc1. The van der Waals surface area contributed by atoms with Gasteiger partial charge in [0.05, 0.1) is 13.2 Å². The predicted octanol–water partition coefficient (Wildman–Crippen LogP) is 3.07. The maximum absolute atomic E-state index is 8.70. The highest BCUT2D eigenvalue weighted by Gasteiger charge is 1.97. The largest absolute Gasteiger partial charge is 0.494 e. The zero-order chi connectivity index (χ0) is 14.9. The second-order valence-electron chi connectivity index (χ2n) is 4.53. The van der Waals surface area contributed by atoms with Crippen molar-refractivity contribution in [2.75, 3.05) is 25.1 Å². The molecule has 2 aromatic rings. The number of anilines is 1. The first-order chi connectivity index (χ1) is 10.3. The Morgan fingerprint density at radius 1 is 0.905 bits per heavy atom. The fourth-order valence-corrected chi connectivity index (χ4v) is 1.91. The van der Waals surface area contributed by atoms with Gasteiger partial charge in [-0.3, -0.25) is 0 Å². The minimum absolute atomic E-state index is 0.0255. The average molecular weight is 287 g/mol. The van der Waals surface area contributed by atoms with E-state index in [2.05, 4.69) is 17.4 Å². The molecule has 0 aliphatic rings. The van der Waals surface area contributed by atoms with Crippen LogP contribution >= 0.6 is 0 Å². The van der Waals surface area contributed by atoms with Gasteiger partial charge < -0.3 is 19.9 Å². The van der Waals surface area contributed by atoms with E-state index in [0.717, 1.165) is 23.7 Å². The van der Waals surface area contributed by atoms with Crippen LogP contribution in [-0.2, 0) is 6.54 Å². The fraction of sp³-hybridized carbons (Fsp3) is 0.294. The number of hydrogen-bond acceptors (Lipinski definition) is 4. The summed E-state index contributed by atoms with van der Waals surface area (Å²) in [7, 11) is 0. The molecule has 2 N–H and O–H groups in total. The van der Waals surface area contributed by atoms with Crippen molar-refractivity contribution in [3.8, 4) is 11.5 Å². The molecule has 0 amide bonds. The molecule has 0 bridgehead atoms. The molecule has 0 atom stereocenters. The van der Waals surface area contributed by atoms with Gasteiger partial charge in [-0.1, -0.05) is 12.1 Å². The lowest BCUT2D eigenvalue weighted by Gasteiger charge is -2.09. The maximum Gasteiger partial charge on any atom is 0.119 e. The lowest BCUT2D eigenvalue weighted by molar-refractivity contribution is 0.201. The first kappa shape index (κ1) is 15.2. The molecule has 0 spiro atoms. The Balaban J connectivity index is 1.84. The zero-order valence-corrected chi connectivity index (χ0v) is 12.2. The van der Waals surface area contributed by atoms with Crippen LogP contribution in [0.4, 0.5) is 5.69 Å². The van der Waals surface area contributed by atoms with Gasteiger partial charge in [0.1, 0.15) is 18.1 Å². The van der Waals surface area contributed by atoms with Gasteiger partial charge in [-0.25, -0.2) is 0 Å². The van der Waals surface area contributed by atoms with Crippen molar-refractivity contribution in [3.63, 3.8) is 0 Å². The van der Waals surface area contributed by atoms with Crippen LogP contribution in [0, 0.1) is 0 Å². The highest BCUT2D eigenvalue weighted by Crippen LogP contribution is 2.17. The Bertz CT molecular complexity index is 523. The van der Waals surface area contributed by atoms with Crippen molar-refractivity contribution >= 4 is 5.69 Å². The van der Waals surface area contributed by atoms with Crippen LogP contribution in [0.2, 0.25) is 0 Å². The normalized spacial score (nSPS) is 10.2. The van der Waals surface area contributed by atoms with Crippen LogP contribution in [0.1, 0.15) is 12.5 Å². The maximum atomic E-state index is 8.70. The third kappa shape index (κ3) is 5.00. The van der Waals surface area contributed by atoms with Crippen LogP contribution in [-0.4, -0.2) is 24.9 Å². The molecule has 4 heteroatoms. The van der Waals surface area contributed by atoms with Crippen LogP contribution in [0.25, 0.3) is 0 Å². The Kier molecular flexibility index (Phi) is 5.91.